The molecule has 1 aromatic carbocycles. The van der Waals surface area contributed by atoms with Gasteiger partial charge in [0.05, 0.1) is 6.54 Å². The van der Waals surface area contributed by atoms with Crippen molar-refractivity contribution >= 4 is 5.82 Å². The van der Waals surface area contributed by atoms with E-state index >= 15 is 0 Å². The van der Waals surface area contributed by atoms with Gasteiger partial charge in [0.2, 0.25) is 0 Å². The highest BCUT2D eigenvalue weighted by molar-refractivity contribution is 5.70. The maximum atomic E-state index is 5.69. The van der Waals surface area contributed by atoms with E-state index in [4.69, 9.17) is 4.74 Å². The Kier molecular flexibility index (Phi) is 2.67. The molecule has 2 aromatic rings. The van der Waals surface area contributed by atoms with Crippen LogP contribution in [0.5, 0.6) is 5.75 Å². The summed E-state index contributed by atoms with van der Waals surface area (Å²) in [5.41, 5.74) is 3.58. The number of aryl methyl sites for hydroxylation is 1. The standard InChI is InChI=1S/C15H16N2O/c1-11-5-3-4-6-13(11)12-9-14-15(16-10-12)17(2)7-8-18-14/h3-6,9-10H,7-8H2,1-2H3. The van der Waals surface area contributed by atoms with Crippen molar-refractivity contribution in [2.45, 2.75) is 6.92 Å². The van der Waals surface area contributed by atoms with Crippen molar-refractivity contribution in [3.63, 3.8) is 0 Å². The summed E-state index contributed by atoms with van der Waals surface area (Å²) in [5.74, 6) is 1.81. The molecule has 0 aliphatic carbocycles. The quantitative estimate of drug-likeness (QED) is 0.766. The number of hydrogen-bond donors (Lipinski definition) is 0. The van der Waals surface area contributed by atoms with Crippen molar-refractivity contribution in [2.75, 3.05) is 25.1 Å². The molecule has 0 fully saturated rings. The molecule has 1 aromatic heterocycles. The lowest BCUT2D eigenvalue weighted by Crippen LogP contribution is -2.29. The lowest BCUT2D eigenvalue weighted by Gasteiger charge is -2.26. The molecule has 1 aliphatic rings. The molecule has 0 unspecified atom stereocenters. The van der Waals surface area contributed by atoms with E-state index < -0.39 is 0 Å². The number of fused-ring (bicyclic) bond motifs is 1. The summed E-state index contributed by atoms with van der Waals surface area (Å²) in [5, 5.41) is 0. The van der Waals surface area contributed by atoms with Gasteiger partial charge < -0.3 is 9.64 Å². The molecule has 0 amide bonds. The lowest BCUT2D eigenvalue weighted by molar-refractivity contribution is 0.309. The van der Waals surface area contributed by atoms with Crippen LogP contribution in [0, 0.1) is 6.92 Å². The van der Waals surface area contributed by atoms with Gasteiger partial charge in [0.1, 0.15) is 6.61 Å². The lowest BCUT2D eigenvalue weighted by atomic mass is 10.0. The van der Waals surface area contributed by atoms with E-state index in [-0.39, 0.29) is 0 Å². The van der Waals surface area contributed by atoms with Gasteiger partial charge >= 0.3 is 0 Å². The van der Waals surface area contributed by atoms with Crippen LogP contribution in [0.3, 0.4) is 0 Å². The van der Waals surface area contributed by atoms with Crippen LogP contribution in [-0.4, -0.2) is 25.2 Å². The Balaban J connectivity index is 2.08. The van der Waals surface area contributed by atoms with Crippen molar-refractivity contribution < 1.29 is 4.74 Å². The van der Waals surface area contributed by atoms with Crippen LogP contribution in [0.2, 0.25) is 0 Å². The maximum Gasteiger partial charge on any atom is 0.171 e. The first-order valence-electron chi connectivity index (χ1n) is 6.16. The van der Waals surface area contributed by atoms with E-state index in [1.54, 1.807) is 0 Å². The minimum Gasteiger partial charge on any atom is -0.488 e. The molecular formula is C15H16N2O. The van der Waals surface area contributed by atoms with Crippen molar-refractivity contribution in [1.29, 1.82) is 0 Å². The normalized spacial score (nSPS) is 14.0. The minimum absolute atomic E-state index is 0.725. The smallest absolute Gasteiger partial charge is 0.171 e. The first-order chi connectivity index (χ1) is 8.75. The highest BCUT2D eigenvalue weighted by Crippen LogP contribution is 2.33. The van der Waals surface area contributed by atoms with Crippen molar-refractivity contribution in [3.05, 3.63) is 42.1 Å². The third kappa shape index (κ3) is 1.82. The van der Waals surface area contributed by atoms with Crippen LogP contribution in [0.25, 0.3) is 11.1 Å². The van der Waals surface area contributed by atoms with Crippen molar-refractivity contribution in [3.8, 4) is 16.9 Å². The number of rotatable bonds is 1. The number of likely N-dealkylation sites (N-methyl/N-ethyl adjacent to an activating group) is 1. The summed E-state index contributed by atoms with van der Waals surface area (Å²) in [6.45, 7) is 3.73. The molecule has 18 heavy (non-hydrogen) atoms. The molecule has 92 valence electrons. The molecule has 3 rings (SSSR count). The molecule has 0 saturated carbocycles. The number of aromatic nitrogens is 1. The first kappa shape index (κ1) is 11.1. The fourth-order valence-electron chi connectivity index (χ4n) is 2.27. The van der Waals surface area contributed by atoms with Gasteiger partial charge in [0.15, 0.2) is 11.6 Å². The predicted molar refractivity (Wildman–Crippen MR) is 73.2 cm³/mol. The SMILES string of the molecule is Cc1ccccc1-c1cnc2c(c1)OCCN2C. The van der Waals surface area contributed by atoms with Gasteiger partial charge in [-0.1, -0.05) is 24.3 Å². The molecule has 0 saturated heterocycles. The summed E-state index contributed by atoms with van der Waals surface area (Å²) in [6.07, 6.45) is 1.92. The fourth-order valence-corrected chi connectivity index (χ4v) is 2.27. The van der Waals surface area contributed by atoms with Gasteiger partial charge in [-0.25, -0.2) is 4.98 Å². The number of ether oxygens (including phenoxy) is 1. The Morgan fingerprint density at radius 1 is 1.28 bits per heavy atom. The van der Waals surface area contributed by atoms with Crippen LogP contribution in [-0.2, 0) is 0 Å². The van der Waals surface area contributed by atoms with Gasteiger partial charge in [-0.2, -0.15) is 0 Å². The van der Waals surface area contributed by atoms with Crippen LogP contribution < -0.4 is 9.64 Å². The average molecular weight is 240 g/mol. The number of hydrogen-bond acceptors (Lipinski definition) is 3. The maximum absolute atomic E-state index is 5.69. The second-order valence-electron chi connectivity index (χ2n) is 4.63. The molecule has 0 bridgehead atoms. The monoisotopic (exact) mass is 240 g/mol. The van der Waals surface area contributed by atoms with E-state index in [1.807, 2.05) is 13.2 Å². The number of pyridine rings is 1. The van der Waals surface area contributed by atoms with Crippen LogP contribution >= 0.6 is 0 Å². The topological polar surface area (TPSA) is 25.4 Å². The molecule has 0 N–H and O–H groups in total. The zero-order valence-corrected chi connectivity index (χ0v) is 10.7. The molecule has 2 heterocycles. The van der Waals surface area contributed by atoms with Gasteiger partial charge in [-0.3, -0.25) is 0 Å². The largest absolute Gasteiger partial charge is 0.488 e. The van der Waals surface area contributed by atoms with E-state index in [9.17, 15) is 0 Å². The van der Waals surface area contributed by atoms with E-state index in [2.05, 4.69) is 47.1 Å². The Morgan fingerprint density at radius 3 is 2.94 bits per heavy atom. The zero-order valence-electron chi connectivity index (χ0n) is 10.7. The second-order valence-corrected chi connectivity index (χ2v) is 4.63. The summed E-state index contributed by atoms with van der Waals surface area (Å²) in [6, 6.07) is 10.4. The number of anilines is 1. The summed E-state index contributed by atoms with van der Waals surface area (Å²) in [7, 11) is 2.04. The summed E-state index contributed by atoms with van der Waals surface area (Å²) in [4.78, 5) is 6.64. The molecule has 0 atom stereocenters. The minimum atomic E-state index is 0.725. The molecule has 0 radical (unpaired) electrons. The van der Waals surface area contributed by atoms with Gasteiger partial charge in [-0.15, -0.1) is 0 Å². The van der Waals surface area contributed by atoms with Crippen molar-refractivity contribution in [1.82, 2.24) is 4.98 Å². The zero-order chi connectivity index (χ0) is 12.5. The van der Waals surface area contributed by atoms with Crippen LogP contribution in [0.1, 0.15) is 5.56 Å². The third-order valence-electron chi connectivity index (χ3n) is 3.33. The van der Waals surface area contributed by atoms with E-state index in [1.165, 1.54) is 11.1 Å². The van der Waals surface area contributed by atoms with E-state index in [0.717, 1.165) is 30.3 Å². The number of nitrogens with zero attached hydrogens (tertiary/aromatic N) is 2. The summed E-state index contributed by atoms with van der Waals surface area (Å²) >= 11 is 0. The Labute approximate surface area is 107 Å². The van der Waals surface area contributed by atoms with Crippen LogP contribution in [0.15, 0.2) is 36.5 Å². The number of benzene rings is 1. The molecule has 3 heteroatoms. The third-order valence-corrected chi connectivity index (χ3v) is 3.33. The molecule has 1 aliphatic heterocycles. The first-order valence-corrected chi connectivity index (χ1v) is 6.16. The average Bonchev–Trinajstić information content (AvgIpc) is 2.39. The van der Waals surface area contributed by atoms with Crippen molar-refractivity contribution in [2.24, 2.45) is 0 Å². The molecule has 3 nitrogen and oxygen atoms in total. The predicted octanol–water partition coefficient (Wildman–Crippen LogP) is 2.89. The Bertz CT molecular complexity index is 580. The van der Waals surface area contributed by atoms with Crippen LogP contribution in [0.4, 0.5) is 5.82 Å². The van der Waals surface area contributed by atoms with Gasteiger partial charge in [0, 0.05) is 18.8 Å². The Morgan fingerprint density at radius 2 is 2.11 bits per heavy atom. The fraction of sp³-hybridized carbons (Fsp3) is 0.267. The van der Waals surface area contributed by atoms with Gasteiger partial charge in [0.25, 0.3) is 0 Å². The highest BCUT2D eigenvalue weighted by Gasteiger charge is 2.17. The Hall–Kier alpha value is -2.03. The van der Waals surface area contributed by atoms with Gasteiger partial charge in [-0.05, 0) is 24.1 Å². The molecular weight excluding hydrogens is 224 g/mol. The van der Waals surface area contributed by atoms with E-state index in [0.29, 0.717) is 0 Å². The molecule has 0 spiro atoms. The highest BCUT2D eigenvalue weighted by atomic mass is 16.5. The second kappa shape index (κ2) is 4.33. The summed E-state index contributed by atoms with van der Waals surface area (Å²) < 4.78 is 5.69.